The van der Waals surface area contributed by atoms with Gasteiger partial charge in [-0.15, -0.1) is 0 Å². The Bertz CT molecular complexity index is 1050. The van der Waals surface area contributed by atoms with Gasteiger partial charge in [-0.05, 0) is 48.0 Å². The number of hydrogen-bond acceptors (Lipinski definition) is 3. The molecular weight excluding hydrogens is 409 g/mol. The molecule has 0 fully saturated rings. The van der Waals surface area contributed by atoms with E-state index in [9.17, 15) is 14.0 Å². The third-order valence-electron chi connectivity index (χ3n) is 4.15. The van der Waals surface area contributed by atoms with Crippen LogP contribution in [0, 0.1) is 5.82 Å². The average Bonchev–Trinajstić information content (AvgIpc) is 2.71. The number of carbonyl (C=O) groups excluding carboxylic acids is 2. The molecule has 8 heteroatoms. The molecule has 0 radical (unpaired) electrons. The number of halogens is 2. The first kappa shape index (κ1) is 21.1. The second-order valence-corrected chi connectivity index (χ2v) is 6.86. The summed E-state index contributed by atoms with van der Waals surface area (Å²) in [6.07, 6.45) is -0.177. The van der Waals surface area contributed by atoms with Gasteiger partial charge in [0.2, 0.25) is 5.91 Å². The van der Waals surface area contributed by atoms with Crippen molar-refractivity contribution < 1.29 is 18.7 Å². The summed E-state index contributed by atoms with van der Waals surface area (Å²) >= 11 is 5.85. The van der Waals surface area contributed by atoms with Crippen molar-refractivity contribution >= 4 is 29.2 Å². The Balaban J connectivity index is 1.77. The predicted octanol–water partition coefficient (Wildman–Crippen LogP) is 5.01. The maximum atomic E-state index is 13.9. The number of nitrogens with two attached hydrogens (primary N) is 1. The average molecular weight is 428 g/mol. The quantitative estimate of drug-likeness (QED) is 0.494. The van der Waals surface area contributed by atoms with Crippen LogP contribution < -0.4 is 21.1 Å². The molecule has 154 valence electrons. The van der Waals surface area contributed by atoms with Gasteiger partial charge >= 0.3 is 6.03 Å². The first-order chi connectivity index (χ1) is 14.4. The molecule has 30 heavy (non-hydrogen) atoms. The molecule has 0 spiro atoms. The molecule has 0 aliphatic carbocycles. The van der Waals surface area contributed by atoms with Gasteiger partial charge in [-0.25, -0.2) is 9.18 Å². The van der Waals surface area contributed by atoms with Crippen molar-refractivity contribution in [1.29, 1.82) is 0 Å². The zero-order valence-corrected chi connectivity index (χ0v) is 16.5. The fourth-order valence-corrected chi connectivity index (χ4v) is 3.00. The van der Waals surface area contributed by atoms with Crippen molar-refractivity contribution in [2.75, 3.05) is 5.32 Å². The number of amides is 3. The fraction of sp³-hybridized carbons (Fsp3) is 0.0909. The molecule has 1 atom stereocenters. The lowest BCUT2D eigenvalue weighted by Crippen LogP contribution is -2.35. The van der Waals surface area contributed by atoms with Crippen molar-refractivity contribution in [1.82, 2.24) is 5.32 Å². The maximum Gasteiger partial charge on any atom is 0.312 e. The lowest BCUT2D eigenvalue weighted by atomic mass is 10.0. The van der Waals surface area contributed by atoms with Crippen LogP contribution >= 0.6 is 11.6 Å². The Labute approximate surface area is 177 Å². The first-order valence-electron chi connectivity index (χ1n) is 9.04. The largest absolute Gasteiger partial charge is 0.457 e. The van der Waals surface area contributed by atoms with Gasteiger partial charge in [0.15, 0.2) is 0 Å². The molecule has 0 aliphatic heterocycles. The third-order valence-corrected chi connectivity index (χ3v) is 4.38. The van der Waals surface area contributed by atoms with Crippen LogP contribution in [0.25, 0.3) is 0 Å². The number of urea groups is 1. The summed E-state index contributed by atoms with van der Waals surface area (Å²) in [5, 5.41) is 5.27. The van der Waals surface area contributed by atoms with E-state index in [4.69, 9.17) is 22.1 Å². The molecule has 0 saturated heterocycles. The number of hydrogen-bond donors (Lipinski definition) is 3. The molecule has 3 aromatic rings. The lowest BCUT2D eigenvalue weighted by molar-refractivity contribution is -0.116. The minimum Gasteiger partial charge on any atom is -0.457 e. The number of rotatable bonds is 7. The van der Waals surface area contributed by atoms with E-state index in [2.05, 4.69) is 10.6 Å². The summed E-state index contributed by atoms with van der Waals surface area (Å²) in [5.74, 6) is 0.0224. The van der Waals surface area contributed by atoms with Gasteiger partial charge in [-0.2, -0.15) is 0 Å². The van der Waals surface area contributed by atoms with E-state index in [1.54, 1.807) is 36.4 Å². The van der Waals surface area contributed by atoms with Crippen LogP contribution in [0.1, 0.15) is 18.0 Å². The Morgan fingerprint density at radius 3 is 2.47 bits per heavy atom. The highest BCUT2D eigenvalue weighted by atomic mass is 35.5. The fourth-order valence-electron chi connectivity index (χ4n) is 2.82. The van der Waals surface area contributed by atoms with Crippen LogP contribution in [-0.2, 0) is 4.79 Å². The second-order valence-electron chi connectivity index (χ2n) is 6.43. The molecule has 0 aliphatic rings. The molecule has 3 aromatic carbocycles. The maximum absolute atomic E-state index is 13.9. The summed E-state index contributed by atoms with van der Waals surface area (Å²) in [6, 6.07) is 18.4. The minimum absolute atomic E-state index is 0.0495. The molecule has 0 bridgehead atoms. The molecular formula is C22H19ClFN3O3. The van der Waals surface area contributed by atoms with Crippen molar-refractivity contribution in [2.24, 2.45) is 5.73 Å². The summed E-state index contributed by atoms with van der Waals surface area (Å²) in [7, 11) is 0. The standard InChI is InChI=1S/C22H19ClFN3O3/c23-15-9-10-18(24)20(12-15)26-21(28)13-19(27-22(25)29)14-5-4-8-17(11-14)30-16-6-2-1-3-7-16/h1-12,19H,13H2,(H,26,28)(H3,25,27,29)/t19-/m0/s1. The second kappa shape index (κ2) is 9.76. The number of carbonyl (C=O) groups is 2. The van der Waals surface area contributed by atoms with E-state index in [-0.39, 0.29) is 17.1 Å². The Morgan fingerprint density at radius 2 is 1.73 bits per heavy atom. The van der Waals surface area contributed by atoms with Crippen molar-refractivity contribution in [2.45, 2.75) is 12.5 Å². The minimum atomic E-state index is -0.795. The Morgan fingerprint density at radius 1 is 1.00 bits per heavy atom. The zero-order valence-electron chi connectivity index (χ0n) is 15.8. The first-order valence-corrected chi connectivity index (χ1v) is 9.42. The van der Waals surface area contributed by atoms with E-state index in [1.807, 2.05) is 18.2 Å². The van der Waals surface area contributed by atoms with Gasteiger partial charge in [0.25, 0.3) is 0 Å². The topological polar surface area (TPSA) is 93.5 Å². The predicted molar refractivity (Wildman–Crippen MR) is 113 cm³/mol. The number of primary amides is 1. The molecule has 4 N–H and O–H groups in total. The van der Waals surface area contributed by atoms with Crippen LogP contribution in [0.4, 0.5) is 14.9 Å². The number of benzene rings is 3. The van der Waals surface area contributed by atoms with E-state index >= 15 is 0 Å². The van der Waals surface area contributed by atoms with E-state index in [0.717, 1.165) is 6.07 Å². The van der Waals surface area contributed by atoms with Crippen LogP contribution in [0.3, 0.4) is 0 Å². The molecule has 3 rings (SSSR count). The molecule has 3 amide bonds. The van der Waals surface area contributed by atoms with Gasteiger partial charge in [0, 0.05) is 5.02 Å². The summed E-state index contributed by atoms with van der Waals surface area (Å²) < 4.78 is 19.7. The monoisotopic (exact) mass is 427 g/mol. The normalized spacial score (nSPS) is 11.4. The summed E-state index contributed by atoms with van der Waals surface area (Å²) in [5.41, 5.74) is 5.83. The highest BCUT2D eigenvalue weighted by molar-refractivity contribution is 6.30. The number of nitrogens with one attached hydrogen (secondary N) is 2. The van der Waals surface area contributed by atoms with E-state index in [1.165, 1.54) is 12.1 Å². The van der Waals surface area contributed by atoms with Crippen molar-refractivity contribution in [3.63, 3.8) is 0 Å². The number of para-hydroxylation sites is 1. The van der Waals surface area contributed by atoms with Crippen LogP contribution in [0.15, 0.2) is 72.8 Å². The number of anilines is 1. The van der Waals surface area contributed by atoms with Gasteiger partial charge < -0.3 is 21.1 Å². The van der Waals surface area contributed by atoms with E-state index in [0.29, 0.717) is 17.1 Å². The highest BCUT2D eigenvalue weighted by Gasteiger charge is 2.19. The van der Waals surface area contributed by atoms with E-state index < -0.39 is 23.8 Å². The zero-order chi connectivity index (χ0) is 21.5. The summed E-state index contributed by atoms with van der Waals surface area (Å²) in [4.78, 5) is 23.9. The third kappa shape index (κ3) is 5.96. The molecule has 0 unspecified atom stereocenters. The lowest BCUT2D eigenvalue weighted by Gasteiger charge is -2.19. The van der Waals surface area contributed by atoms with Crippen LogP contribution in [0.5, 0.6) is 11.5 Å². The SMILES string of the molecule is NC(=O)N[C@@H](CC(=O)Nc1cc(Cl)ccc1F)c1cccc(Oc2ccccc2)c1. The van der Waals surface area contributed by atoms with Crippen molar-refractivity contribution in [3.8, 4) is 11.5 Å². The van der Waals surface area contributed by atoms with Crippen LogP contribution in [0.2, 0.25) is 5.02 Å². The van der Waals surface area contributed by atoms with Gasteiger partial charge in [0.1, 0.15) is 17.3 Å². The van der Waals surface area contributed by atoms with Gasteiger partial charge in [-0.1, -0.05) is 41.9 Å². The smallest absolute Gasteiger partial charge is 0.312 e. The summed E-state index contributed by atoms with van der Waals surface area (Å²) in [6.45, 7) is 0. The Hall–Kier alpha value is -3.58. The molecule has 0 aromatic heterocycles. The highest BCUT2D eigenvalue weighted by Crippen LogP contribution is 2.27. The van der Waals surface area contributed by atoms with Gasteiger partial charge in [0.05, 0.1) is 18.2 Å². The van der Waals surface area contributed by atoms with Gasteiger partial charge in [-0.3, -0.25) is 4.79 Å². The molecule has 0 heterocycles. The Kier molecular flexibility index (Phi) is 6.87. The van der Waals surface area contributed by atoms with Crippen molar-refractivity contribution in [3.05, 3.63) is 89.2 Å². The van der Waals surface area contributed by atoms with Crippen LogP contribution in [-0.4, -0.2) is 11.9 Å². The molecule has 6 nitrogen and oxygen atoms in total. The molecule has 0 saturated carbocycles. The number of ether oxygens (including phenoxy) is 1.